The highest BCUT2D eigenvalue weighted by Gasteiger charge is 2.27. The van der Waals surface area contributed by atoms with Crippen LogP contribution in [0.2, 0.25) is 0 Å². The zero-order valence-corrected chi connectivity index (χ0v) is 16.6. The molecule has 0 aliphatic carbocycles. The molecule has 1 saturated heterocycles. The van der Waals surface area contributed by atoms with Gasteiger partial charge in [-0.3, -0.25) is 14.2 Å². The highest BCUT2D eigenvalue weighted by molar-refractivity contribution is 9.10. The first-order chi connectivity index (χ1) is 11.5. The largest absolute Gasteiger partial charge is 0.337 e. The van der Waals surface area contributed by atoms with Gasteiger partial charge >= 0.3 is 0 Å². The summed E-state index contributed by atoms with van der Waals surface area (Å²) in [5, 5.41) is 3.92. The molecule has 6 nitrogen and oxygen atoms in total. The summed E-state index contributed by atoms with van der Waals surface area (Å²) in [7, 11) is 0. The molecule has 1 fully saturated rings. The van der Waals surface area contributed by atoms with E-state index in [2.05, 4.69) is 40.1 Å². The van der Waals surface area contributed by atoms with Crippen molar-refractivity contribution in [2.75, 3.05) is 13.1 Å². The Labute approximate surface area is 161 Å². The quantitative estimate of drug-likeness (QED) is 0.812. The lowest BCUT2D eigenvalue weighted by Gasteiger charge is -2.38. The number of benzene rings is 1. The molecule has 3 rings (SSSR count). The van der Waals surface area contributed by atoms with E-state index < -0.39 is 0 Å². The first kappa shape index (κ1) is 19.9. The molecule has 2 atom stereocenters. The van der Waals surface area contributed by atoms with Crippen LogP contribution < -0.4 is 10.9 Å². The number of carbonyl (C=O) groups excluding carboxylic acids is 1. The van der Waals surface area contributed by atoms with Crippen LogP contribution in [0.3, 0.4) is 0 Å². The second-order valence-electron chi connectivity index (χ2n) is 6.23. The van der Waals surface area contributed by atoms with Gasteiger partial charge in [-0.15, -0.1) is 12.4 Å². The summed E-state index contributed by atoms with van der Waals surface area (Å²) in [6.45, 7) is 6.00. The number of hydrogen-bond acceptors (Lipinski definition) is 4. The summed E-state index contributed by atoms with van der Waals surface area (Å²) < 4.78 is 2.36. The molecule has 0 saturated carbocycles. The maximum atomic E-state index is 12.6. The van der Waals surface area contributed by atoms with Crippen LogP contribution in [-0.4, -0.2) is 45.5 Å². The van der Waals surface area contributed by atoms with Crippen molar-refractivity contribution in [1.29, 1.82) is 0 Å². The number of carbonyl (C=O) groups is 1. The molecule has 1 amide bonds. The van der Waals surface area contributed by atoms with Crippen LogP contribution >= 0.6 is 28.3 Å². The summed E-state index contributed by atoms with van der Waals surface area (Å²) in [4.78, 5) is 31.3. The van der Waals surface area contributed by atoms with Gasteiger partial charge in [0, 0.05) is 42.6 Å². The average Bonchev–Trinajstić information content (AvgIpc) is 2.57. The van der Waals surface area contributed by atoms with Crippen molar-refractivity contribution in [2.24, 2.45) is 0 Å². The van der Waals surface area contributed by atoms with Crippen molar-refractivity contribution < 1.29 is 4.79 Å². The summed E-state index contributed by atoms with van der Waals surface area (Å²) in [5.74, 6) is 0.0806. The Morgan fingerprint density at radius 3 is 2.92 bits per heavy atom. The Kier molecular flexibility index (Phi) is 6.59. The number of piperazine rings is 1. The number of aromatic nitrogens is 2. The van der Waals surface area contributed by atoms with Gasteiger partial charge in [-0.25, -0.2) is 4.98 Å². The molecule has 1 N–H and O–H groups in total. The van der Waals surface area contributed by atoms with Crippen LogP contribution in [0.4, 0.5) is 0 Å². The minimum Gasteiger partial charge on any atom is -0.337 e. The Morgan fingerprint density at radius 1 is 1.40 bits per heavy atom. The van der Waals surface area contributed by atoms with E-state index in [1.807, 2.05) is 11.0 Å². The molecule has 1 aliphatic heterocycles. The third-order valence-electron chi connectivity index (χ3n) is 4.71. The number of nitrogens with zero attached hydrogens (tertiary/aromatic N) is 3. The van der Waals surface area contributed by atoms with E-state index in [9.17, 15) is 9.59 Å². The maximum absolute atomic E-state index is 12.6. The van der Waals surface area contributed by atoms with Gasteiger partial charge in [-0.05, 0) is 32.0 Å². The SMILES string of the molecule is CC1NCCN(C(=O)CCn2cnc3ccc(Br)cc3c2=O)C1C.Cl. The van der Waals surface area contributed by atoms with Gasteiger partial charge < -0.3 is 10.2 Å². The summed E-state index contributed by atoms with van der Waals surface area (Å²) in [6, 6.07) is 5.87. The number of nitrogens with one attached hydrogen (secondary N) is 1. The number of rotatable bonds is 3. The van der Waals surface area contributed by atoms with E-state index in [1.165, 1.54) is 10.9 Å². The zero-order valence-electron chi connectivity index (χ0n) is 14.2. The van der Waals surface area contributed by atoms with E-state index in [4.69, 9.17) is 0 Å². The van der Waals surface area contributed by atoms with Crippen molar-refractivity contribution >= 4 is 45.1 Å². The van der Waals surface area contributed by atoms with Crippen LogP contribution in [0.5, 0.6) is 0 Å². The molecule has 25 heavy (non-hydrogen) atoms. The molecule has 2 aromatic rings. The normalized spacial score (nSPS) is 20.4. The lowest BCUT2D eigenvalue weighted by atomic mass is 10.1. The van der Waals surface area contributed by atoms with Gasteiger partial charge in [0.15, 0.2) is 0 Å². The fraction of sp³-hybridized carbons (Fsp3) is 0.471. The van der Waals surface area contributed by atoms with Gasteiger partial charge in [0.25, 0.3) is 5.56 Å². The zero-order chi connectivity index (χ0) is 17.3. The Morgan fingerprint density at radius 2 is 2.16 bits per heavy atom. The van der Waals surface area contributed by atoms with E-state index >= 15 is 0 Å². The van der Waals surface area contributed by atoms with Crippen molar-refractivity contribution in [3.05, 3.63) is 39.4 Å². The molecule has 1 aromatic carbocycles. The van der Waals surface area contributed by atoms with E-state index in [-0.39, 0.29) is 36.0 Å². The fourth-order valence-corrected chi connectivity index (χ4v) is 3.42. The molecular formula is C17H22BrClN4O2. The predicted octanol–water partition coefficient (Wildman–Crippen LogP) is 2.18. The topological polar surface area (TPSA) is 67.2 Å². The number of halogens is 2. The van der Waals surface area contributed by atoms with Crippen LogP contribution in [0, 0.1) is 0 Å². The van der Waals surface area contributed by atoms with Crippen LogP contribution in [0.15, 0.2) is 33.8 Å². The second kappa shape index (κ2) is 8.29. The summed E-state index contributed by atoms with van der Waals surface area (Å²) >= 11 is 3.37. The van der Waals surface area contributed by atoms with Crippen molar-refractivity contribution in [1.82, 2.24) is 19.8 Å². The van der Waals surface area contributed by atoms with Crippen molar-refractivity contribution in [3.8, 4) is 0 Å². The minimum atomic E-state index is -0.115. The van der Waals surface area contributed by atoms with Gasteiger partial charge in [0.05, 0.1) is 17.2 Å². The second-order valence-corrected chi connectivity index (χ2v) is 7.14. The lowest BCUT2D eigenvalue weighted by Crippen LogP contribution is -2.57. The Hall–Kier alpha value is -1.44. The molecule has 136 valence electrons. The maximum Gasteiger partial charge on any atom is 0.261 e. The highest BCUT2D eigenvalue weighted by Crippen LogP contribution is 2.15. The van der Waals surface area contributed by atoms with E-state index in [0.717, 1.165) is 11.0 Å². The van der Waals surface area contributed by atoms with Gasteiger partial charge in [-0.1, -0.05) is 15.9 Å². The van der Waals surface area contributed by atoms with Crippen molar-refractivity contribution in [2.45, 2.75) is 38.9 Å². The molecule has 8 heteroatoms. The van der Waals surface area contributed by atoms with Crippen LogP contribution in [0.1, 0.15) is 20.3 Å². The number of fused-ring (bicyclic) bond motifs is 1. The fourth-order valence-electron chi connectivity index (χ4n) is 3.06. The third kappa shape index (κ3) is 4.22. The monoisotopic (exact) mass is 428 g/mol. The molecular weight excluding hydrogens is 408 g/mol. The third-order valence-corrected chi connectivity index (χ3v) is 5.20. The highest BCUT2D eigenvalue weighted by atomic mass is 79.9. The molecule has 1 aromatic heterocycles. The number of aryl methyl sites for hydroxylation is 1. The first-order valence-electron chi connectivity index (χ1n) is 8.15. The van der Waals surface area contributed by atoms with Crippen molar-refractivity contribution in [3.63, 3.8) is 0 Å². The van der Waals surface area contributed by atoms with Crippen LogP contribution in [0.25, 0.3) is 10.9 Å². The molecule has 0 radical (unpaired) electrons. The standard InChI is InChI=1S/C17H21BrN4O2.ClH/c1-11-12(2)22(8-6-19-11)16(23)5-7-21-10-20-15-4-3-13(18)9-14(15)17(21)24;/h3-4,9-12,19H,5-8H2,1-2H3;1H. The Bertz CT molecular complexity index is 826. The minimum absolute atomic E-state index is 0. The summed E-state index contributed by atoms with van der Waals surface area (Å²) in [5.41, 5.74) is 0.547. The molecule has 2 heterocycles. The number of amides is 1. The van der Waals surface area contributed by atoms with Crippen LogP contribution in [-0.2, 0) is 11.3 Å². The average molecular weight is 430 g/mol. The molecule has 2 unspecified atom stereocenters. The molecule has 1 aliphatic rings. The first-order valence-corrected chi connectivity index (χ1v) is 8.94. The van der Waals surface area contributed by atoms with E-state index in [1.54, 1.807) is 12.1 Å². The smallest absolute Gasteiger partial charge is 0.261 e. The lowest BCUT2D eigenvalue weighted by molar-refractivity contribution is -0.135. The van der Waals surface area contributed by atoms with Gasteiger partial charge in [-0.2, -0.15) is 0 Å². The summed E-state index contributed by atoms with van der Waals surface area (Å²) in [6.07, 6.45) is 1.83. The molecule has 0 spiro atoms. The van der Waals surface area contributed by atoms with Gasteiger partial charge in [0.1, 0.15) is 0 Å². The molecule has 0 bridgehead atoms. The predicted molar refractivity (Wildman–Crippen MR) is 104 cm³/mol. The van der Waals surface area contributed by atoms with E-state index in [0.29, 0.717) is 30.4 Å². The van der Waals surface area contributed by atoms with Gasteiger partial charge in [0.2, 0.25) is 5.91 Å². The Balaban J connectivity index is 0.00000225. The number of hydrogen-bond donors (Lipinski definition) is 1.